The van der Waals surface area contributed by atoms with Gasteiger partial charge in [-0.15, -0.1) is 0 Å². The number of nitrogens with one attached hydrogen (secondary N) is 2. The highest BCUT2D eigenvalue weighted by Crippen LogP contribution is 2.26. The molecule has 0 radical (unpaired) electrons. The van der Waals surface area contributed by atoms with Crippen LogP contribution in [0, 0.1) is 0 Å². The molecule has 1 aliphatic rings. The third kappa shape index (κ3) is 2.61. The molecule has 2 heterocycles. The zero-order valence-electron chi connectivity index (χ0n) is 11.2. The van der Waals surface area contributed by atoms with Crippen LogP contribution in [0.2, 0.25) is 0 Å². The molecule has 1 aromatic heterocycles. The van der Waals surface area contributed by atoms with Gasteiger partial charge in [0, 0.05) is 37.2 Å². The lowest BCUT2D eigenvalue weighted by Gasteiger charge is -2.15. The summed E-state index contributed by atoms with van der Waals surface area (Å²) in [6, 6.07) is 11.0. The monoisotopic (exact) mass is 253 g/mol. The molecule has 0 fully saturated rings. The Labute approximate surface area is 114 Å². The quantitative estimate of drug-likeness (QED) is 0.879. The third-order valence-corrected chi connectivity index (χ3v) is 3.72. The lowest BCUT2D eigenvalue weighted by Crippen LogP contribution is -2.18. The Morgan fingerprint density at radius 3 is 3.11 bits per heavy atom. The number of pyridine rings is 1. The van der Waals surface area contributed by atoms with Crippen LogP contribution in [0.5, 0.6) is 0 Å². The first kappa shape index (κ1) is 12.2. The molecule has 1 aromatic carbocycles. The van der Waals surface area contributed by atoms with Gasteiger partial charge in [-0.05, 0) is 36.1 Å². The highest BCUT2D eigenvalue weighted by molar-refractivity contribution is 5.61. The minimum absolute atomic E-state index is 0.311. The van der Waals surface area contributed by atoms with Crippen molar-refractivity contribution in [1.82, 2.24) is 10.3 Å². The van der Waals surface area contributed by atoms with E-state index in [1.165, 1.54) is 22.4 Å². The van der Waals surface area contributed by atoms with Gasteiger partial charge in [-0.1, -0.05) is 24.3 Å². The highest BCUT2D eigenvalue weighted by atomic mass is 14.9. The first-order valence-electron chi connectivity index (χ1n) is 6.82. The van der Waals surface area contributed by atoms with Gasteiger partial charge >= 0.3 is 0 Å². The van der Waals surface area contributed by atoms with Crippen molar-refractivity contribution in [2.75, 3.05) is 11.9 Å². The summed E-state index contributed by atoms with van der Waals surface area (Å²) in [5, 5.41) is 7.04. The van der Waals surface area contributed by atoms with Crippen molar-refractivity contribution in [3.63, 3.8) is 0 Å². The lowest BCUT2D eigenvalue weighted by molar-refractivity contribution is 0.573. The third-order valence-electron chi connectivity index (χ3n) is 3.72. The summed E-state index contributed by atoms with van der Waals surface area (Å²) in [5.74, 6) is 0. The SMILES string of the molecule is C[C@@H](NCc1cccc2c1NCC2)c1cccnc1. The summed E-state index contributed by atoms with van der Waals surface area (Å²) >= 11 is 0. The average Bonchev–Trinajstić information content (AvgIpc) is 2.94. The molecule has 0 aliphatic carbocycles. The van der Waals surface area contributed by atoms with E-state index in [4.69, 9.17) is 0 Å². The van der Waals surface area contributed by atoms with Gasteiger partial charge in [-0.3, -0.25) is 4.98 Å². The van der Waals surface area contributed by atoms with E-state index >= 15 is 0 Å². The number of rotatable bonds is 4. The van der Waals surface area contributed by atoms with Crippen LogP contribution in [0.4, 0.5) is 5.69 Å². The molecule has 19 heavy (non-hydrogen) atoms. The number of aromatic nitrogens is 1. The van der Waals surface area contributed by atoms with Crippen molar-refractivity contribution in [3.05, 3.63) is 59.4 Å². The fourth-order valence-corrected chi connectivity index (χ4v) is 2.57. The molecule has 3 nitrogen and oxygen atoms in total. The Balaban J connectivity index is 1.69. The number of benzene rings is 1. The van der Waals surface area contributed by atoms with Crippen molar-refractivity contribution in [2.45, 2.75) is 25.9 Å². The number of fused-ring (bicyclic) bond motifs is 1. The maximum absolute atomic E-state index is 4.17. The molecule has 98 valence electrons. The fraction of sp³-hybridized carbons (Fsp3) is 0.312. The van der Waals surface area contributed by atoms with Crippen LogP contribution in [0.15, 0.2) is 42.7 Å². The smallest absolute Gasteiger partial charge is 0.0419 e. The molecule has 3 heteroatoms. The van der Waals surface area contributed by atoms with Gasteiger partial charge < -0.3 is 10.6 Å². The van der Waals surface area contributed by atoms with Gasteiger partial charge in [0.2, 0.25) is 0 Å². The van der Waals surface area contributed by atoms with Crippen molar-refractivity contribution < 1.29 is 0 Å². The first-order chi connectivity index (χ1) is 9.34. The normalized spacial score (nSPS) is 14.8. The van der Waals surface area contributed by atoms with E-state index in [9.17, 15) is 0 Å². The molecule has 0 bridgehead atoms. The van der Waals surface area contributed by atoms with E-state index in [0.717, 1.165) is 19.5 Å². The summed E-state index contributed by atoms with van der Waals surface area (Å²) in [6.07, 6.45) is 4.87. The van der Waals surface area contributed by atoms with Crippen molar-refractivity contribution in [1.29, 1.82) is 0 Å². The molecule has 3 rings (SSSR count). The first-order valence-corrected chi connectivity index (χ1v) is 6.82. The number of hydrogen-bond acceptors (Lipinski definition) is 3. The minimum atomic E-state index is 0.311. The van der Waals surface area contributed by atoms with Gasteiger partial charge in [0.15, 0.2) is 0 Å². The summed E-state index contributed by atoms with van der Waals surface area (Å²) in [4.78, 5) is 4.17. The molecule has 2 N–H and O–H groups in total. The largest absolute Gasteiger partial charge is 0.384 e. The van der Waals surface area contributed by atoms with Crippen molar-refractivity contribution >= 4 is 5.69 Å². The molecule has 0 amide bonds. The maximum Gasteiger partial charge on any atom is 0.0419 e. The van der Waals surface area contributed by atoms with E-state index in [1.807, 2.05) is 18.5 Å². The van der Waals surface area contributed by atoms with E-state index in [2.05, 4.69) is 46.8 Å². The maximum atomic E-state index is 4.17. The lowest BCUT2D eigenvalue weighted by atomic mass is 10.1. The second-order valence-corrected chi connectivity index (χ2v) is 5.02. The molecule has 0 spiro atoms. The molecular formula is C16H19N3. The average molecular weight is 253 g/mol. The minimum Gasteiger partial charge on any atom is -0.384 e. The van der Waals surface area contributed by atoms with Crippen LogP contribution in [0.1, 0.15) is 29.7 Å². The molecule has 2 aromatic rings. The van der Waals surface area contributed by atoms with Crippen LogP contribution < -0.4 is 10.6 Å². The number of para-hydroxylation sites is 1. The second-order valence-electron chi connectivity index (χ2n) is 5.02. The fourth-order valence-electron chi connectivity index (χ4n) is 2.57. The predicted molar refractivity (Wildman–Crippen MR) is 78.1 cm³/mol. The van der Waals surface area contributed by atoms with Gasteiger partial charge in [0.05, 0.1) is 0 Å². The van der Waals surface area contributed by atoms with Crippen LogP contribution in [-0.4, -0.2) is 11.5 Å². The Bertz CT molecular complexity index is 551. The molecule has 0 saturated carbocycles. The summed E-state index contributed by atoms with van der Waals surface area (Å²) < 4.78 is 0. The Kier molecular flexibility index (Phi) is 3.47. The van der Waals surface area contributed by atoms with Gasteiger partial charge in [-0.2, -0.15) is 0 Å². The van der Waals surface area contributed by atoms with E-state index in [-0.39, 0.29) is 0 Å². The molecule has 1 aliphatic heterocycles. The van der Waals surface area contributed by atoms with E-state index < -0.39 is 0 Å². The van der Waals surface area contributed by atoms with Gasteiger partial charge in [-0.25, -0.2) is 0 Å². The molecule has 0 saturated heterocycles. The van der Waals surface area contributed by atoms with E-state index in [0.29, 0.717) is 6.04 Å². The number of anilines is 1. The summed E-state index contributed by atoms with van der Waals surface area (Å²) in [7, 11) is 0. The molecular weight excluding hydrogens is 234 g/mol. The van der Waals surface area contributed by atoms with Crippen LogP contribution >= 0.6 is 0 Å². The van der Waals surface area contributed by atoms with Crippen molar-refractivity contribution in [2.24, 2.45) is 0 Å². The summed E-state index contributed by atoms with van der Waals surface area (Å²) in [6.45, 7) is 4.12. The van der Waals surface area contributed by atoms with Crippen LogP contribution in [0.25, 0.3) is 0 Å². The summed E-state index contributed by atoms with van der Waals surface area (Å²) in [5.41, 5.74) is 5.34. The zero-order chi connectivity index (χ0) is 13.1. The number of hydrogen-bond donors (Lipinski definition) is 2. The molecule has 0 unspecified atom stereocenters. The zero-order valence-corrected chi connectivity index (χ0v) is 11.2. The van der Waals surface area contributed by atoms with Gasteiger partial charge in [0.25, 0.3) is 0 Å². The predicted octanol–water partition coefficient (Wildman–Crippen LogP) is 2.90. The Morgan fingerprint density at radius 1 is 1.32 bits per heavy atom. The van der Waals surface area contributed by atoms with E-state index in [1.54, 1.807) is 0 Å². The van der Waals surface area contributed by atoms with Crippen LogP contribution in [-0.2, 0) is 13.0 Å². The Morgan fingerprint density at radius 2 is 2.26 bits per heavy atom. The molecule has 1 atom stereocenters. The number of nitrogens with zero attached hydrogens (tertiary/aromatic N) is 1. The second kappa shape index (κ2) is 5.41. The standard InChI is InChI=1S/C16H19N3/c1-12(14-6-3-8-17-10-14)19-11-15-5-2-4-13-7-9-18-16(13)15/h2-6,8,10,12,18-19H,7,9,11H2,1H3/t12-/m1/s1. The topological polar surface area (TPSA) is 37.0 Å². The van der Waals surface area contributed by atoms with Gasteiger partial charge in [0.1, 0.15) is 0 Å². The highest BCUT2D eigenvalue weighted by Gasteiger charge is 2.14. The Hall–Kier alpha value is -1.87. The van der Waals surface area contributed by atoms with Crippen LogP contribution in [0.3, 0.4) is 0 Å². The van der Waals surface area contributed by atoms with Crippen molar-refractivity contribution in [3.8, 4) is 0 Å².